The molecule has 2 atom stereocenters. The summed E-state index contributed by atoms with van der Waals surface area (Å²) in [6.07, 6.45) is 3.57. The summed E-state index contributed by atoms with van der Waals surface area (Å²) in [5.74, 6) is -0.798. The summed E-state index contributed by atoms with van der Waals surface area (Å²) in [5.41, 5.74) is 2.59. The fourth-order valence-electron chi connectivity index (χ4n) is 4.72. The SMILES string of the molecule is Cc1cnc(NC2CCOCC2)nc1-c1cc2c(s1)CN([C@H](C)C(=O)NC(CO)c1ccc(Cl)c(F)c1)C2=O. The normalized spacial score (nSPS) is 17.2. The molecule has 1 aromatic carbocycles. The van der Waals surface area contributed by atoms with Crippen LogP contribution in [0.1, 0.15) is 52.2 Å². The van der Waals surface area contributed by atoms with Crippen molar-refractivity contribution in [3.63, 3.8) is 0 Å². The number of nitrogens with one attached hydrogen (secondary N) is 2. The first-order valence-electron chi connectivity index (χ1n) is 12.7. The molecule has 12 heteroatoms. The molecule has 1 unspecified atom stereocenters. The first-order valence-corrected chi connectivity index (χ1v) is 13.9. The molecule has 9 nitrogen and oxygen atoms in total. The van der Waals surface area contributed by atoms with Gasteiger partial charge < -0.3 is 25.4 Å². The molecule has 0 aliphatic carbocycles. The molecule has 0 spiro atoms. The van der Waals surface area contributed by atoms with Gasteiger partial charge >= 0.3 is 0 Å². The number of carbonyl (C=O) groups excluding carboxylic acids is 2. The Morgan fingerprint density at radius 2 is 2.10 bits per heavy atom. The number of hydrogen-bond donors (Lipinski definition) is 3. The van der Waals surface area contributed by atoms with Crippen LogP contribution in [0.5, 0.6) is 0 Å². The number of thiophene rings is 1. The monoisotopic (exact) mass is 573 g/mol. The van der Waals surface area contributed by atoms with Gasteiger partial charge in [-0.15, -0.1) is 11.3 Å². The van der Waals surface area contributed by atoms with Crippen molar-refractivity contribution in [2.24, 2.45) is 0 Å². The number of nitrogens with zero attached hydrogens (tertiary/aromatic N) is 3. The second-order valence-corrected chi connectivity index (χ2v) is 11.3. The van der Waals surface area contributed by atoms with Gasteiger partial charge in [0.05, 0.1) is 40.4 Å². The van der Waals surface area contributed by atoms with Gasteiger partial charge in [0.1, 0.15) is 11.9 Å². The zero-order valence-electron chi connectivity index (χ0n) is 21.5. The highest BCUT2D eigenvalue weighted by Gasteiger charge is 2.36. The predicted octanol–water partition coefficient (Wildman–Crippen LogP) is 4.09. The number of ether oxygens (including phenoxy) is 1. The van der Waals surface area contributed by atoms with Gasteiger partial charge in [-0.25, -0.2) is 14.4 Å². The molecular formula is C27H29ClFN5O4S. The van der Waals surface area contributed by atoms with Crippen molar-refractivity contribution < 1.29 is 23.8 Å². The Balaban J connectivity index is 1.27. The highest BCUT2D eigenvalue weighted by atomic mass is 35.5. The lowest BCUT2D eigenvalue weighted by Gasteiger charge is -2.26. The summed E-state index contributed by atoms with van der Waals surface area (Å²) < 4.78 is 19.3. The number of halogens is 2. The van der Waals surface area contributed by atoms with Crippen molar-refractivity contribution in [1.82, 2.24) is 20.2 Å². The molecule has 0 bridgehead atoms. The number of hydrogen-bond acceptors (Lipinski definition) is 8. The smallest absolute Gasteiger partial charge is 0.256 e. The Bertz CT molecular complexity index is 1400. The van der Waals surface area contributed by atoms with Crippen molar-refractivity contribution in [3.05, 3.63) is 62.9 Å². The lowest BCUT2D eigenvalue weighted by Crippen LogP contribution is -2.46. The van der Waals surface area contributed by atoms with Gasteiger partial charge in [-0.05, 0) is 56.0 Å². The molecule has 4 heterocycles. The third kappa shape index (κ3) is 5.76. The van der Waals surface area contributed by atoms with Crippen LogP contribution in [0.4, 0.5) is 10.3 Å². The largest absolute Gasteiger partial charge is 0.394 e. The molecule has 5 rings (SSSR count). The van der Waals surface area contributed by atoms with Crippen LogP contribution in [0.2, 0.25) is 5.02 Å². The molecule has 2 amide bonds. The van der Waals surface area contributed by atoms with Crippen LogP contribution in [-0.4, -0.2) is 63.7 Å². The van der Waals surface area contributed by atoms with E-state index < -0.39 is 30.4 Å². The summed E-state index contributed by atoms with van der Waals surface area (Å²) in [6, 6.07) is 4.53. The van der Waals surface area contributed by atoms with E-state index in [-0.39, 0.29) is 23.5 Å². The van der Waals surface area contributed by atoms with E-state index in [1.807, 2.05) is 13.0 Å². The molecular weight excluding hydrogens is 545 g/mol. The zero-order valence-corrected chi connectivity index (χ0v) is 23.1. The molecule has 2 aliphatic rings. The van der Waals surface area contributed by atoms with E-state index in [4.69, 9.17) is 21.3 Å². The quantitative estimate of drug-likeness (QED) is 0.371. The average molecular weight is 574 g/mol. The van der Waals surface area contributed by atoms with Crippen LogP contribution in [0.15, 0.2) is 30.5 Å². The highest BCUT2D eigenvalue weighted by Crippen LogP contribution is 2.38. The van der Waals surface area contributed by atoms with Gasteiger partial charge in [0, 0.05) is 30.3 Å². The second-order valence-electron chi connectivity index (χ2n) is 9.73. The maximum Gasteiger partial charge on any atom is 0.256 e. The highest BCUT2D eigenvalue weighted by molar-refractivity contribution is 7.16. The van der Waals surface area contributed by atoms with Gasteiger partial charge in [-0.3, -0.25) is 9.59 Å². The number of aliphatic hydroxyl groups is 1. The fourth-order valence-corrected chi connectivity index (χ4v) is 6.04. The molecule has 1 saturated heterocycles. The molecule has 2 aromatic heterocycles. The molecule has 2 aliphatic heterocycles. The Labute approximate surface area is 234 Å². The number of benzene rings is 1. The number of aromatic nitrogens is 2. The van der Waals surface area contributed by atoms with E-state index in [0.717, 1.165) is 33.9 Å². The van der Waals surface area contributed by atoms with E-state index in [2.05, 4.69) is 15.6 Å². The number of anilines is 1. The van der Waals surface area contributed by atoms with Crippen LogP contribution >= 0.6 is 22.9 Å². The van der Waals surface area contributed by atoms with Gasteiger partial charge in [0.2, 0.25) is 11.9 Å². The fraction of sp³-hybridized carbons (Fsp3) is 0.407. The molecule has 3 N–H and O–H groups in total. The molecule has 1 fully saturated rings. The Morgan fingerprint density at radius 1 is 1.33 bits per heavy atom. The minimum Gasteiger partial charge on any atom is -0.394 e. The molecule has 3 aromatic rings. The lowest BCUT2D eigenvalue weighted by molar-refractivity contribution is -0.126. The minimum absolute atomic E-state index is 0.0488. The molecule has 0 radical (unpaired) electrons. The van der Waals surface area contributed by atoms with E-state index in [9.17, 15) is 19.1 Å². The zero-order chi connectivity index (χ0) is 27.7. The maximum absolute atomic E-state index is 13.9. The lowest BCUT2D eigenvalue weighted by atomic mass is 10.1. The van der Waals surface area contributed by atoms with E-state index in [1.54, 1.807) is 13.1 Å². The molecule has 206 valence electrons. The van der Waals surface area contributed by atoms with Gasteiger partial charge in [0.15, 0.2) is 0 Å². The van der Waals surface area contributed by atoms with Gasteiger partial charge in [-0.1, -0.05) is 17.7 Å². The third-order valence-electron chi connectivity index (χ3n) is 7.07. The second kappa shape index (κ2) is 11.5. The Kier molecular flexibility index (Phi) is 8.13. The van der Waals surface area contributed by atoms with E-state index in [1.165, 1.54) is 34.4 Å². The van der Waals surface area contributed by atoms with Crippen LogP contribution in [0.25, 0.3) is 10.6 Å². The number of carbonyl (C=O) groups is 2. The van der Waals surface area contributed by atoms with Crippen LogP contribution in [0, 0.1) is 12.7 Å². The summed E-state index contributed by atoms with van der Waals surface area (Å²) in [5, 5.41) is 15.8. The number of rotatable bonds is 8. The minimum atomic E-state index is -0.838. The van der Waals surface area contributed by atoms with Gasteiger partial charge in [0.25, 0.3) is 5.91 Å². The summed E-state index contributed by atoms with van der Waals surface area (Å²) in [4.78, 5) is 38.7. The number of aryl methyl sites for hydroxylation is 1. The number of aliphatic hydroxyl groups excluding tert-OH is 1. The van der Waals surface area contributed by atoms with Gasteiger partial charge in [-0.2, -0.15) is 0 Å². The number of fused-ring (bicyclic) bond motifs is 1. The van der Waals surface area contributed by atoms with E-state index in [0.29, 0.717) is 30.3 Å². The topological polar surface area (TPSA) is 117 Å². The van der Waals surface area contributed by atoms with E-state index >= 15 is 0 Å². The maximum atomic E-state index is 13.9. The summed E-state index contributed by atoms with van der Waals surface area (Å²) in [6.45, 7) is 4.83. The number of amides is 2. The van der Waals surface area contributed by atoms with Crippen molar-refractivity contribution >= 4 is 40.7 Å². The third-order valence-corrected chi connectivity index (χ3v) is 8.50. The standard InChI is InChI=1S/C27H29ClFN5O4S/c1-14-11-30-27(31-17-5-7-38-8-6-17)33-24(14)22-10-18-23(39-22)12-34(26(18)37)15(2)25(36)32-21(13-35)16-3-4-19(28)20(29)9-16/h3-4,9-11,15,17,21,35H,5-8,12-13H2,1-2H3,(H,32,36)(H,30,31,33)/t15-,21?/m1/s1. The predicted molar refractivity (Wildman–Crippen MR) is 146 cm³/mol. The summed E-state index contributed by atoms with van der Waals surface area (Å²) >= 11 is 7.22. The Morgan fingerprint density at radius 3 is 2.79 bits per heavy atom. The first-order chi connectivity index (χ1) is 18.7. The van der Waals surface area contributed by atoms with Crippen molar-refractivity contribution in [2.75, 3.05) is 25.1 Å². The van der Waals surface area contributed by atoms with Crippen LogP contribution in [0.3, 0.4) is 0 Å². The average Bonchev–Trinajstić information content (AvgIpc) is 3.49. The van der Waals surface area contributed by atoms with Crippen LogP contribution in [-0.2, 0) is 16.1 Å². The Hall–Kier alpha value is -3.12. The van der Waals surface area contributed by atoms with Crippen molar-refractivity contribution in [2.45, 2.75) is 51.4 Å². The molecule has 0 saturated carbocycles. The molecule has 39 heavy (non-hydrogen) atoms. The van der Waals surface area contributed by atoms with Crippen molar-refractivity contribution in [1.29, 1.82) is 0 Å². The first kappa shape index (κ1) is 27.4. The van der Waals surface area contributed by atoms with Crippen molar-refractivity contribution in [3.8, 4) is 10.6 Å². The summed E-state index contributed by atoms with van der Waals surface area (Å²) in [7, 11) is 0. The van der Waals surface area contributed by atoms with Crippen LogP contribution < -0.4 is 10.6 Å².